The molecule has 106 valence electrons. The number of carboxylic acids is 1. The fourth-order valence-electron chi connectivity index (χ4n) is 1.44. The second kappa shape index (κ2) is 5.04. The van der Waals surface area contributed by atoms with E-state index in [2.05, 4.69) is 15.4 Å². The van der Waals surface area contributed by atoms with Gasteiger partial charge in [-0.15, -0.1) is 11.3 Å². The first-order valence-corrected chi connectivity index (χ1v) is 6.68. The van der Waals surface area contributed by atoms with Crippen molar-refractivity contribution in [1.82, 2.24) is 20.1 Å². The summed E-state index contributed by atoms with van der Waals surface area (Å²) in [5.74, 6) is -1.61. The van der Waals surface area contributed by atoms with Gasteiger partial charge in [0.15, 0.2) is 0 Å². The quantitative estimate of drug-likeness (QED) is 0.881. The highest BCUT2D eigenvalue weighted by Crippen LogP contribution is 2.23. The SMILES string of the molecule is Cn1cc(-c2nc(C(=O)NC(C)(C)C(=O)O)cs2)cn1. The average molecular weight is 294 g/mol. The van der Waals surface area contributed by atoms with Gasteiger partial charge < -0.3 is 10.4 Å². The van der Waals surface area contributed by atoms with E-state index in [1.807, 2.05) is 0 Å². The van der Waals surface area contributed by atoms with Crippen LogP contribution in [0.4, 0.5) is 0 Å². The zero-order chi connectivity index (χ0) is 14.9. The Morgan fingerprint density at radius 2 is 2.15 bits per heavy atom. The van der Waals surface area contributed by atoms with E-state index in [9.17, 15) is 9.59 Å². The van der Waals surface area contributed by atoms with Crippen molar-refractivity contribution in [3.05, 3.63) is 23.5 Å². The van der Waals surface area contributed by atoms with Crippen LogP contribution < -0.4 is 5.32 Å². The third-order valence-corrected chi connectivity index (χ3v) is 3.54. The minimum Gasteiger partial charge on any atom is -0.480 e. The molecular weight excluding hydrogens is 280 g/mol. The number of carboxylic acid groups (broad SMARTS) is 1. The van der Waals surface area contributed by atoms with Crippen LogP contribution in [0.25, 0.3) is 10.6 Å². The maximum Gasteiger partial charge on any atom is 0.328 e. The van der Waals surface area contributed by atoms with Crippen molar-refractivity contribution in [2.24, 2.45) is 7.05 Å². The van der Waals surface area contributed by atoms with Crippen molar-refractivity contribution in [3.8, 4) is 10.6 Å². The summed E-state index contributed by atoms with van der Waals surface area (Å²) in [7, 11) is 1.79. The van der Waals surface area contributed by atoms with Crippen molar-refractivity contribution in [3.63, 3.8) is 0 Å². The Kier molecular flexibility index (Phi) is 3.58. The molecule has 1 amide bonds. The molecule has 0 aliphatic carbocycles. The monoisotopic (exact) mass is 294 g/mol. The third-order valence-electron chi connectivity index (χ3n) is 2.65. The maximum atomic E-state index is 12.0. The van der Waals surface area contributed by atoms with Crippen LogP contribution in [-0.2, 0) is 11.8 Å². The number of rotatable bonds is 4. The van der Waals surface area contributed by atoms with Gasteiger partial charge in [0.2, 0.25) is 0 Å². The molecule has 0 aliphatic heterocycles. The third kappa shape index (κ3) is 2.85. The van der Waals surface area contributed by atoms with E-state index in [1.165, 1.54) is 25.2 Å². The largest absolute Gasteiger partial charge is 0.480 e. The van der Waals surface area contributed by atoms with E-state index in [1.54, 1.807) is 29.5 Å². The van der Waals surface area contributed by atoms with Gasteiger partial charge in [0.05, 0.1) is 6.20 Å². The molecule has 8 heteroatoms. The van der Waals surface area contributed by atoms with Crippen molar-refractivity contribution in [2.75, 3.05) is 0 Å². The number of hydrogen-bond donors (Lipinski definition) is 2. The summed E-state index contributed by atoms with van der Waals surface area (Å²) in [5, 5.41) is 17.7. The molecule has 0 saturated heterocycles. The first-order chi connectivity index (χ1) is 9.29. The standard InChI is InChI=1S/C12H14N4O3S/c1-12(2,11(18)19)15-9(17)8-6-20-10(14-8)7-4-13-16(3)5-7/h4-6H,1-3H3,(H,15,17)(H,18,19). The zero-order valence-electron chi connectivity index (χ0n) is 11.2. The van der Waals surface area contributed by atoms with Gasteiger partial charge in [0.1, 0.15) is 16.2 Å². The number of hydrogen-bond acceptors (Lipinski definition) is 5. The van der Waals surface area contributed by atoms with Gasteiger partial charge in [-0.25, -0.2) is 9.78 Å². The Morgan fingerprint density at radius 1 is 1.45 bits per heavy atom. The van der Waals surface area contributed by atoms with Crippen LogP contribution >= 0.6 is 11.3 Å². The van der Waals surface area contributed by atoms with Gasteiger partial charge in [0, 0.05) is 24.2 Å². The van der Waals surface area contributed by atoms with E-state index in [4.69, 9.17) is 5.11 Å². The van der Waals surface area contributed by atoms with Crippen molar-refractivity contribution in [2.45, 2.75) is 19.4 Å². The smallest absolute Gasteiger partial charge is 0.328 e. The normalized spacial score (nSPS) is 11.3. The van der Waals surface area contributed by atoms with Gasteiger partial charge in [-0.1, -0.05) is 0 Å². The lowest BCUT2D eigenvalue weighted by Crippen LogP contribution is -2.49. The van der Waals surface area contributed by atoms with Crippen LogP contribution in [0, 0.1) is 0 Å². The highest BCUT2D eigenvalue weighted by Gasteiger charge is 2.30. The first-order valence-electron chi connectivity index (χ1n) is 5.80. The average Bonchev–Trinajstić information content (AvgIpc) is 2.96. The molecule has 0 radical (unpaired) electrons. The number of amides is 1. The van der Waals surface area contributed by atoms with Crippen LogP contribution in [-0.4, -0.2) is 37.3 Å². The summed E-state index contributed by atoms with van der Waals surface area (Å²) in [6, 6.07) is 0. The molecule has 2 aromatic heterocycles. The maximum absolute atomic E-state index is 12.0. The van der Waals surface area contributed by atoms with E-state index in [0.717, 1.165) is 5.56 Å². The molecule has 0 unspecified atom stereocenters. The summed E-state index contributed by atoms with van der Waals surface area (Å²) in [6.07, 6.45) is 3.45. The molecule has 0 aromatic carbocycles. The first kappa shape index (κ1) is 14.2. The second-order valence-corrected chi connectivity index (χ2v) is 5.68. The van der Waals surface area contributed by atoms with Crippen LogP contribution in [0.1, 0.15) is 24.3 Å². The molecule has 0 atom stereocenters. The number of thiazole rings is 1. The molecule has 2 aromatic rings. The number of aryl methyl sites for hydroxylation is 1. The predicted molar refractivity (Wildman–Crippen MR) is 73.5 cm³/mol. The molecule has 7 nitrogen and oxygen atoms in total. The van der Waals surface area contributed by atoms with Crippen LogP contribution in [0.15, 0.2) is 17.8 Å². The van der Waals surface area contributed by atoms with E-state index in [0.29, 0.717) is 5.01 Å². The fraction of sp³-hybridized carbons (Fsp3) is 0.333. The summed E-state index contributed by atoms with van der Waals surface area (Å²) >= 11 is 1.31. The topological polar surface area (TPSA) is 97.1 Å². The summed E-state index contributed by atoms with van der Waals surface area (Å²) < 4.78 is 1.64. The number of aromatic nitrogens is 3. The predicted octanol–water partition coefficient (Wildman–Crippen LogP) is 1.14. The highest BCUT2D eigenvalue weighted by molar-refractivity contribution is 7.13. The van der Waals surface area contributed by atoms with Crippen LogP contribution in [0.3, 0.4) is 0 Å². The molecular formula is C12H14N4O3S. The Bertz CT molecular complexity index is 659. The molecule has 0 bridgehead atoms. The molecule has 2 heterocycles. The number of nitrogens with zero attached hydrogens (tertiary/aromatic N) is 3. The van der Waals surface area contributed by atoms with Crippen molar-refractivity contribution >= 4 is 23.2 Å². The van der Waals surface area contributed by atoms with Crippen LogP contribution in [0.5, 0.6) is 0 Å². The van der Waals surface area contributed by atoms with Crippen LogP contribution in [0.2, 0.25) is 0 Å². The number of carbonyl (C=O) groups is 2. The fourth-order valence-corrected chi connectivity index (χ4v) is 2.22. The number of carbonyl (C=O) groups excluding carboxylic acids is 1. The molecule has 0 fully saturated rings. The second-order valence-electron chi connectivity index (χ2n) is 4.82. The molecule has 0 saturated carbocycles. The van der Waals surface area contributed by atoms with Crippen molar-refractivity contribution < 1.29 is 14.7 Å². The minimum absolute atomic E-state index is 0.197. The zero-order valence-corrected chi connectivity index (χ0v) is 12.1. The Morgan fingerprint density at radius 3 is 2.70 bits per heavy atom. The summed E-state index contributed by atoms with van der Waals surface area (Å²) in [6.45, 7) is 2.84. The summed E-state index contributed by atoms with van der Waals surface area (Å²) in [5.41, 5.74) is -0.327. The molecule has 20 heavy (non-hydrogen) atoms. The Hall–Kier alpha value is -2.22. The molecule has 0 aliphatic rings. The lowest BCUT2D eigenvalue weighted by atomic mass is 10.1. The lowest BCUT2D eigenvalue weighted by Gasteiger charge is -2.20. The van der Waals surface area contributed by atoms with Gasteiger partial charge in [0.25, 0.3) is 5.91 Å². The number of aliphatic carboxylic acids is 1. The number of nitrogens with one attached hydrogen (secondary N) is 1. The summed E-state index contributed by atoms with van der Waals surface area (Å²) in [4.78, 5) is 27.1. The van der Waals surface area contributed by atoms with Gasteiger partial charge >= 0.3 is 5.97 Å². The van der Waals surface area contributed by atoms with Crippen molar-refractivity contribution in [1.29, 1.82) is 0 Å². The molecule has 0 spiro atoms. The Labute approximate surface area is 119 Å². The highest BCUT2D eigenvalue weighted by atomic mass is 32.1. The van der Waals surface area contributed by atoms with Gasteiger partial charge in [-0.05, 0) is 13.8 Å². The van der Waals surface area contributed by atoms with E-state index < -0.39 is 17.4 Å². The minimum atomic E-state index is -1.34. The lowest BCUT2D eigenvalue weighted by molar-refractivity contribution is -0.143. The molecule has 2 rings (SSSR count). The molecule has 2 N–H and O–H groups in total. The van der Waals surface area contributed by atoms with Gasteiger partial charge in [-0.2, -0.15) is 5.10 Å². The van der Waals surface area contributed by atoms with E-state index >= 15 is 0 Å². The van der Waals surface area contributed by atoms with E-state index in [-0.39, 0.29) is 5.69 Å². The van der Waals surface area contributed by atoms with Gasteiger partial charge in [-0.3, -0.25) is 9.48 Å². The Balaban J connectivity index is 2.17.